The van der Waals surface area contributed by atoms with Gasteiger partial charge in [-0.2, -0.15) is 0 Å². The van der Waals surface area contributed by atoms with Crippen molar-refractivity contribution in [1.82, 2.24) is 4.90 Å². The summed E-state index contributed by atoms with van der Waals surface area (Å²) in [7, 11) is 0. The number of hydrogen-bond acceptors (Lipinski definition) is 3. The summed E-state index contributed by atoms with van der Waals surface area (Å²) in [4.78, 5) is 24.2. The van der Waals surface area contributed by atoms with Gasteiger partial charge >= 0.3 is 5.97 Å². The van der Waals surface area contributed by atoms with E-state index < -0.39 is 11.9 Å². The van der Waals surface area contributed by atoms with Gasteiger partial charge in [-0.05, 0) is 25.5 Å². The van der Waals surface area contributed by atoms with Crippen LogP contribution in [0, 0.1) is 12.8 Å². The lowest BCUT2D eigenvalue weighted by atomic mass is 9.96. The van der Waals surface area contributed by atoms with Crippen LogP contribution in [0.2, 0.25) is 0 Å². The van der Waals surface area contributed by atoms with Crippen molar-refractivity contribution < 1.29 is 19.1 Å². The van der Waals surface area contributed by atoms with Crippen LogP contribution in [0.3, 0.4) is 0 Å². The van der Waals surface area contributed by atoms with E-state index in [0.29, 0.717) is 19.5 Å². The lowest BCUT2D eigenvalue weighted by molar-refractivity contribution is -0.149. The van der Waals surface area contributed by atoms with E-state index in [2.05, 4.69) is 0 Å². The molecule has 1 aromatic rings. The van der Waals surface area contributed by atoms with Gasteiger partial charge < -0.3 is 14.4 Å². The van der Waals surface area contributed by atoms with E-state index in [4.69, 9.17) is 9.52 Å². The Hall–Kier alpha value is -1.78. The number of carboxylic acids is 1. The molecule has 1 fully saturated rings. The molecule has 1 aliphatic heterocycles. The van der Waals surface area contributed by atoms with Crippen LogP contribution in [0.5, 0.6) is 0 Å². The van der Waals surface area contributed by atoms with Crippen LogP contribution < -0.4 is 0 Å². The summed E-state index contributed by atoms with van der Waals surface area (Å²) in [5.74, 6) is 0.0270. The number of piperidine rings is 1. The summed E-state index contributed by atoms with van der Waals surface area (Å²) >= 11 is 0. The van der Waals surface area contributed by atoms with Crippen LogP contribution >= 0.6 is 0 Å². The van der Waals surface area contributed by atoms with Crippen LogP contribution in [0.1, 0.15) is 24.4 Å². The Morgan fingerprint density at radius 3 is 2.88 bits per heavy atom. The molecule has 17 heavy (non-hydrogen) atoms. The average Bonchev–Trinajstić information content (AvgIpc) is 2.67. The van der Waals surface area contributed by atoms with Crippen molar-refractivity contribution in [2.24, 2.45) is 5.92 Å². The van der Waals surface area contributed by atoms with Gasteiger partial charge in [-0.25, -0.2) is 0 Å². The van der Waals surface area contributed by atoms with E-state index in [1.54, 1.807) is 4.90 Å². The third kappa shape index (κ3) is 2.67. The Kier molecular flexibility index (Phi) is 3.17. The molecular formula is C12H15NO4. The number of carbonyl (C=O) groups excluding carboxylic acids is 1. The smallest absolute Gasteiger partial charge is 0.307 e. The lowest BCUT2D eigenvalue weighted by Crippen LogP contribution is -2.40. The highest BCUT2D eigenvalue weighted by atomic mass is 16.4. The molecule has 5 nitrogen and oxygen atoms in total. The Bertz CT molecular complexity index is 437. The van der Waals surface area contributed by atoms with Crippen LogP contribution in [0.15, 0.2) is 16.5 Å². The van der Waals surface area contributed by atoms with Crippen molar-refractivity contribution in [2.45, 2.75) is 26.3 Å². The normalized spacial score (nSPS) is 20.6. The Morgan fingerprint density at radius 1 is 1.59 bits per heavy atom. The van der Waals surface area contributed by atoms with E-state index in [1.165, 1.54) is 0 Å². The first-order chi connectivity index (χ1) is 8.06. The second kappa shape index (κ2) is 4.61. The number of furan rings is 1. The number of aliphatic carboxylic acids is 1. The summed E-state index contributed by atoms with van der Waals surface area (Å²) in [6, 6.07) is 3.69. The maximum atomic E-state index is 11.7. The molecule has 1 saturated heterocycles. The lowest BCUT2D eigenvalue weighted by Gasteiger charge is -2.29. The van der Waals surface area contributed by atoms with Crippen molar-refractivity contribution in [3.63, 3.8) is 0 Å². The van der Waals surface area contributed by atoms with Crippen LogP contribution in [-0.4, -0.2) is 28.4 Å². The molecule has 1 unspecified atom stereocenters. The Labute approximate surface area is 99.0 Å². The van der Waals surface area contributed by atoms with E-state index in [0.717, 1.165) is 11.5 Å². The third-order valence-electron chi connectivity index (χ3n) is 3.01. The second-order valence-electron chi connectivity index (χ2n) is 4.36. The molecule has 0 saturated carbocycles. The number of carbonyl (C=O) groups is 2. The number of amides is 1. The first-order valence-corrected chi connectivity index (χ1v) is 5.62. The molecule has 1 atom stereocenters. The molecular weight excluding hydrogens is 222 g/mol. The van der Waals surface area contributed by atoms with Gasteiger partial charge in [-0.3, -0.25) is 9.59 Å². The number of aryl methyl sites for hydroxylation is 1. The minimum atomic E-state index is -0.883. The van der Waals surface area contributed by atoms with Crippen molar-refractivity contribution in [3.8, 4) is 0 Å². The van der Waals surface area contributed by atoms with Gasteiger partial charge in [0.2, 0.25) is 5.91 Å². The minimum absolute atomic E-state index is 0.0923. The largest absolute Gasteiger partial charge is 0.481 e. The van der Waals surface area contributed by atoms with Crippen molar-refractivity contribution in [1.29, 1.82) is 0 Å². The fourth-order valence-electron chi connectivity index (χ4n) is 2.01. The molecule has 0 spiro atoms. The molecule has 5 heteroatoms. The van der Waals surface area contributed by atoms with E-state index in [9.17, 15) is 9.59 Å². The van der Waals surface area contributed by atoms with Gasteiger partial charge in [0.15, 0.2) is 0 Å². The summed E-state index contributed by atoms with van der Waals surface area (Å²) in [6.45, 7) is 2.76. The first-order valence-electron chi connectivity index (χ1n) is 5.62. The van der Waals surface area contributed by atoms with Gasteiger partial charge in [0, 0.05) is 13.0 Å². The molecule has 2 heterocycles. The average molecular weight is 237 g/mol. The molecule has 1 N–H and O–H groups in total. The second-order valence-corrected chi connectivity index (χ2v) is 4.36. The highest BCUT2D eigenvalue weighted by Gasteiger charge is 2.30. The van der Waals surface area contributed by atoms with Gasteiger partial charge in [-0.15, -0.1) is 0 Å². The standard InChI is InChI=1S/C12H15NO4/c1-8-2-3-10(17-8)7-13-5-4-9(12(15)16)6-11(13)14/h2-3,9H,4-7H2,1H3,(H,15,16). The minimum Gasteiger partial charge on any atom is -0.481 e. The molecule has 0 bridgehead atoms. The summed E-state index contributed by atoms with van der Waals surface area (Å²) in [5, 5.41) is 8.85. The van der Waals surface area contributed by atoms with Gasteiger partial charge in [0.25, 0.3) is 0 Å². The molecule has 92 valence electrons. The monoisotopic (exact) mass is 237 g/mol. The van der Waals surface area contributed by atoms with E-state index in [-0.39, 0.29) is 12.3 Å². The molecule has 0 radical (unpaired) electrons. The quantitative estimate of drug-likeness (QED) is 0.862. The number of likely N-dealkylation sites (tertiary alicyclic amines) is 1. The topological polar surface area (TPSA) is 70.8 Å². The predicted molar refractivity (Wildman–Crippen MR) is 59.2 cm³/mol. The third-order valence-corrected chi connectivity index (χ3v) is 3.01. The van der Waals surface area contributed by atoms with Crippen molar-refractivity contribution >= 4 is 11.9 Å². The number of rotatable bonds is 3. The molecule has 0 aromatic carbocycles. The van der Waals surface area contributed by atoms with Crippen molar-refractivity contribution in [2.75, 3.05) is 6.54 Å². The summed E-state index contributed by atoms with van der Waals surface area (Å²) < 4.78 is 5.40. The van der Waals surface area contributed by atoms with Gasteiger partial charge in [-0.1, -0.05) is 0 Å². The predicted octanol–water partition coefficient (Wildman–Crippen LogP) is 1.41. The summed E-state index contributed by atoms with van der Waals surface area (Å²) in [5.41, 5.74) is 0. The zero-order valence-corrected chi connectivity index (χ0v) is 9.68. The Balaban J connectivity index is 1.96. The highest BCUT2D eigenvalue weighted by molar-refractivity contribution is 5.83. The molecule has 1 amide bonds. The number of nitrogens with zero attached hydrogens (tertiary/aromatic N) is 1. The fourth-order valence-corrected chi connectivity index (χ4v) is 2.01. The van der Waals surface area contributed by atoms with Gasteiger partial charge in [0.05, 0.1) is 12.5 Å². The molecule has 2 rings (SSSR count). The Morgan fingerprint density at radius 2 is 2.35 bits per heavy atom. The highest BCUT2D eigenvalue weighted by Crippen LogP contribution is 2.20. The van der Waals surface area contributed by atoms with E-state index >= 15 is 0 Å². The van der Waals surface area contributed by atoms with Crippen LogP contribution in [0.25, 0.3) is 0 Å². The van der Waals surface area contributed by atoms with E-state index in [1.807, 2.05) is 19.1 Å². The molecule has 1 aliphatic rings. The van der Waals surface area contributed by atoms with Crippen LogP contribution in [0.4, 0.5) is 0 Å². The SMILES string of the molecule is Cc1ccc(CN2CCC(C(=O)O)CC2=O)o1. The zero-order valence-electron chi connectivity index (χ0n) is 9.68. The van der Waals surface area contributed by atoms with Crippen LogP contribution in [-0.2, 0) is 16.1 Å². The first kappa shape index (κ1) is 11.7. The zero-order chi connectivity index (χ0) is 12.4. The summed E-state index contributed by atoms with van der Waals surface area (Å²) in [6.07, 6.45) is 0.607. The molecule has 0 aliphatic carbocycles. The fraction of sp³-hybridized carbons (Fsp3) is 0.500. The van der Waals surface area contributed by atoms with Crippen molar-refractivity contribution in [3.05, 3.63) is 23.7 Å². The molecule has 1 aromatic heterocycles. The van der Waals surface area contributed by atoms with Gasteiger partial charge in [0.1, 0.15) is 11.5 Å². The number of carboxylic acid groups (broad SMARTS) is 1. The maximum absolute atomic E-state index is 11.7. The number of hydrogen-bond donors (Lipinski definition) is 1. The maximum Gasteiger partial charge on any atom is 0.307 e.